The van der Waals surface area contributed by atoms with Crippen LogP contribution < -0.4 is 9.64 Å². The molecule has 0 bridgehead atoms. The monoisotopic (exact) mass is 229 g/mol. The quantitative estimate of drug-likeness (QED) is 0.867. The summed E-state index contributed by atoms with van der Waals surface area (Å²) in [5.41, 5.74) is 0.510. The van der Waals surface area contributed by atoms with Gasteiger partial charge in [0.2, 0.25) is 0 Å². The van der Waals surface area contributed by atoms with Gasteiger partial charge in [-0.25, -0.2) is 4.79 Å². The number of amides is 1. The van der Waals surface area contributed by atoms with E-state index in [1.807, 2.05) is 6.92 Å². The molecule has 0 radical (unpaired) electrons. The topological polar surface area (TPSA) is 49.8 Å². The number of ether oxygens (including phenoxy) is 1. The first-order valence-corrected chi connectivity index (χ1v) is 4.83. The van der Waals surface area contributed by atoms with Gasteiger partial charge in [-0.15, -0.1) is 0 Å². The smallest absolute Gasteiger partial charge is 0.411 e. The van der Waals surface area contributed by atoms with Crippen LogP contribution in [-0.4, -0.2) is 24.9 Å². The van der Waals surface area contributed by atoms with Crippen LogP contribution in [0.3, 0.4) is 0 Å². The molecule has 1 rings (SSSR count). The van der Waals surface area contributed by atoms with Crippen molar-refractivity contribution >= 4 is 23.4 Å². The fourth-order valence-corrected chi connectivity index (χ4v) is 1.31. The van der Waals surface area contributed by atoms with E-state index in [9.17, 15) is 4.79 Å². The Bertz CT molecular complexity index is 368. The number of hydrogen-bond donors (Lipinski definition) is 1. The minimum Gasteiger partial charge on any atom is -0.492 e. The van der Waals surface area contributed by atoms with Gasteiger partial charge in [-0.1, -0.05) is 11.6 Å². The lowest BCUT2D eigenvalue weighted by Gasteiger charge is -2.14. The van der Waals surface area contributed by atoms with Crippen molar-refractivity contribution in [3.8, 4) is 5.75 Å². The highest BCUT2D eigenvalue weighted by Crippen LogP contribution is 2.28. The van der Waals surface area contributed by atoms with Crippen LogP contribution in [0.15, 0.2) is 18.2 Å². The highest BCUT2D eigenvalue weighted by molar-refractivity contribution is 6.32. The van der Waals surface area contributed by atoms with Gasteiger partial charge in [0.05, 0.1) is 11.6 Å². The average molecular weight is 230 g/mol. The minimum atomic E-state index is -1.03. The van der Waals surface area contributed by atoms with Gasteiger partial charge in [0, 0.05) is 12.7 Å². The Morgan fingerprint density at radius 3 is 2.73 bits per heavy atom. The predicted molar refractivity (Wildman–Crippen MR) is 59.0 cm³/mol. The van der Waals surface area contributed by atoms with Crippen LogP contribution in [0.4, 0.5) is 10.5 Å². The number of benzene rings is 1. The summed E-state index contributed by atoms with van der Waals surface area (Å²) in [4.78, 5) is 11.8. The summed E-state index contributed by atoms with van der Waals surface area (Å²) in [6, 6.07) is 4.85. The van der Waals surface area contributed by atoms with Gasteiger partial charge in [-0.3, -0.25) is 4.90 Å². The average Bonchev–Trinajstić information content (AvgIpc) is 2.20. The third kappa shape index (κ3) is 2.76. The molecule has 0 fully saturated rings. The number of carboxylic acid groups (broad SMARTS) is 1. The Kier molecular flexibility index (Phi) is 3.80. The van der Waals surface area contributed by atoms with Gasteiger partial charge in [0.15, 0.2) is 0 Å². The summed E-state index contributed by atoms with van der Waals surface area (Å²) < 4.78 is 5.23. The van der Waals surface area contributed by atoms with E-state index >= 15 is 0 Å². The van der Waals surface area contributed by atoms with E-state index in [0.29, 0.717) is 23.1 Å². The third-order valence-electron chi connectivity index (χ3n) is 1.89. The molecule has 0 saturated heterocycles. The molecule has 4 nitrogen and oxygen atoms in total. The first-order valence-electron chi connectivity index (χ1n) is 4.45. The van der Waals surface area contributed by atoms with Crippen LogP contribution in [-0.2, 0) is 0 Å². The van der Waals surface area contributed by atoms with E-state index in [0.717, 1.165) is 4.90 Å². The molecule has 0 aliphatic rings. The second-order valence-electron chi connectivity index (χ2n) is 2.89. The fraction of sp³-hybridized carbons (Fsp3) is 0.300. The van der Waals surface area contributed by atoms with Gasteiger partial charge in [-0.2, -0.15) is 0 Å². The molecule has 0 aliphatic carbocycles. The lowest BCUT2D eigenvalue weighted by atomic mass is 10.3. The van der Waals surface area contributed by atoms with Gasteiger partial charge in [0.1, 0.15) is 5.75 Å². The zero-order valence-electron chi connectivity index (χ0n) is 8.53. The van der Waals surface area contributed by atoms with Crippen molar-refractivity contribution in [3.05, 3.63) is 23.2 Å². The number of nitrogens with zero attached hydrogens (tertiary/aromatic N) is 1. The lowest BCUT2D eigenvalue weighted by Crippen LogP contribution is -2.23. The largest absolute Gasteiger partial charge is 0.492 e. The summed E-state index contributed by atoms with van der Waals surface area (Å²) in [7, 11) is 1.45. The number of rotatable bonds is 3. The van der Waals surface area contributed by atoms with Crippen LogP contribution >= 0.6 is 11.6 Å². The van der Waals surface area contributed by atoms with E-state index in [2.05, 4.69) is 0 Å². The molecule has 1 amide bonds. The maximum absolute atomic E-state index is 10.7. The number of hydrogen-bond acceptors (Lipinski definition) is 2. The summed E-state index contributed by atoms with van der Waals surface area (Å²) in [5, 5.41) is 9.16. The summed E-state index contributed by atoms with van der Waals surface area (Å²) >= 11 is 5.91. The van der Waals surface area contributed by atoms with E-state index in [1.165, 1.54) is 7.05 Å². The molecule has 0 unspecified atom stereocenters. The molecular formula is C10H12ClNO3. The highest BCUT2D eigenvalue weighted by atomic mass is 35.5. The van der Waals surface area contributed by atoms with Crippen LogP contribution in [0.5, 0.6) is 5.75 Å². The summed E-state index contributed by atoms with van der Waals surface area (Å²) in [5.74, 6) is 0.557. The molecule has 0 atom stereocenters. The van der Waals surface area contributed by atoms with Gasteiger partial charge >= 0.3 is 6.09 Å². The van der Waals surface area contributed by atoms with Crippen molar-refractivity contribution in [2.75, 3.05) is 18.6 Å². The second-order valence-corrected chi connectivity index (χ2v) is 3.30. The van der Waals surface area contributed by atoms with Crippen molar-refractivity contribution < 1.29 is 14.6 Å². The van der Waals surface area contributed by atoms with Crippen LogP contribution in [0.1, 0.15) is 6.92 Å². The Morgan fingerprint density at radius 2 is 2.27 bits per heavy atom. The standard InChI is InChI=1S/C10H12ClNO3/c1-3-15-9-5-4-7(6-8(9)11)12(2)10(13)14/h4-6H,3H2,1-2H3,(H,13,14). The van der Waals surface area contributed by atoms with Gasteiger partial charge in [0.25, 0.3) is 0 Å². The zero-order chi connectivity index (χ0) is 11.4. The molecule has 0 aromatic heterocycles. The molecule has 0 saturated carbocycles. The SMILES string of the molecule is CCOc1ccc(N(C)C(=O)O)cc1Cl. The Hall–Kier alpha value is -1.42. The molecule has 1 aromatic carbocycles. The van der Waals surface area contributed by atoms with Crippen LogP contribution in [0.2, 0.25) is 5.02 Å². The highest BCUT2D eigenvalue weighted by Gasteiger charge is 2.10. The number of carbonyl (C=O) groups is 1. The maximum Gasteiger partial charge on any atom is 0.411 e. The van der Waals surface area contributed by atoms with E-state index in [-0.39, 0.29) is 0 Å². The molecule has 15 heavy (non-hydrogen) atoms. The molecule has 82 valence electrons. The molecule has 0 aliphatic heterocycles. The van der Waals surface area contributed by atoms with Crippen molar-refractivity contribution in [1.29, 1.82) is 0 Å². The van der Waals surface area contributed by atoms with E-state index in [4.69, 9.17) is 21.4 Å². The first-order chi connectivity index (χ1) is 7.06. The molecule has 0 heterocycles. The third-order valence-corrected chi connectivity index (χ3v) is 2.18. The van der Waals surface area contributed by atoms with Crippen LogP contribution in [0.25, 0.3) is 0 Å². The van der Waals surface area contributed by atoms with Gasteiger partial charge < -0.3 is 9.84 Å². The Balaban J connectivity index is 2.95. The lowest BCUT2D eigenvalue weighted by molar-refractivity contribution is 0.203. The molecule has 0 spiro atoms. The molecule has 1 aromatic rings. The van der Waals surface area contributed by atoms with Crippen molar-refractivity contribution in [2.24, 2.45) is 0 Å². The molecular weight excluding hydrogens is 218 g/mol. The van der Waals surface area contributed by atoms with Gasteiger partial charge in [-0.05, 0) is 25.1 Å². The normalized spacial score (nSPS) is 9.80. The maximum atomic E-state index is 10.7. The van der Waals surface area contributed by atoms with Crippen molar-refractivity contribution in [2.45, 2.75) is 6.92 Å². The Labute approximate surface area is 93.0 Å². The van der Waals surface area contributed by atoms with E-state index in [1.54, 1.807) is 18.2 Å². The zero-order valence-corrected chi connectivity index (χ0v) is 9.28. The Morgan fingerprint density at radius 1 is 1.60 bits per heavy atom. The molecule has 5 heteroatoms. The second kappa shape index (κ2) is 4.89. The van der Waals surface area contributed by atoms with Crippen molar-refractivity contribution in [1.82, 2.24) is 0 Å². The van der Waals surface area contributed by atoms with Crippen LogP contribution in [0, 0.1) is 0 Å². The van der Waals surface area contributed by atoms with Crippen molar-refractivity contribution in [3.63, 3.8) is 0 Å². The molecule has 1 N–H and O–H groups in total. The number of halogens is 1. The first kappa shape index (κ1) is 11.7. The number of anilines is 1. The minimum absolute atomic E-state index is 0.405. The summed E-state index contributed by atoms with van der Waals surface area (Å²) in [6.07, 6.45) is -1.03. The fourth-order valence-electron chi connectivity index (χ4n) is 1.08. The predicted octanol–water partition coefficient (Wildman–Crippen LogP) is 2.85. The summed E-state index contributed by atoms with van der Waals surface area (Å²) in [6.45, 7) is 2.38. The van der Waals surface area contributed by atoms with E-state index < -0.39 is 6.09 Å².